The highest BCUT2D eigenvalue weighted by atomic mass is 35.5. The highest BCUT2D eigenvalue weighted by Crippen LogP contribution is 2.30. The van der Waals surface area contributed by atoms with Crippen LogP contribution in [0, 0.1) is 5.82 Å². The fraction of sp³-hybridized carbons (Fsp3) is 0.333. The number of hydrogen-bond acceptors (Lipinski definition) is 2. The smallest absolute Gasteiger partial charge is 0.289 e. The van der Waals surface area contributed by atoms with Gasteiger partial charge in [0.1, 0.15) is 12.4 Å². The summed E-state index contributed by atoms with van der Waals surface area (Å²) in [5, 5.41) is 8.23. The third-order valence-electron chi connectivity index (χ3n) is 1.97. The maximum absolute atomic E-state index is 12.9. The van der Waals surface area contributed by atoms with Gasteiger partial charge in [0.05, 0.1) is 11.1 Å². The van der Waals surface area contributed by atoms with Crippen molar-refractivity contribution in [3.8, 4) is 0 Å². The first-order chi connectivity index (χ1) is 6.88. The number of hydrogen-bond donors (Lipinski definition) is 2. The van der Waals surface area contributed by atoms with Gasteiger partial charge in [-0.2, -0.15) is 0 Å². The van der Waals surface area contributed by atoms with Crippen LogP contribution in [0.15, 0.2) is 18.2 Å². The van der Waals surface area contributed by atoms with Gasteiger partial charge in [0.15, 0.2) is 0 Å². The Labute approximate surface area is 102 Å². The van der Waals surface area contributed by atoms with Crippen LogP contribution in [0.3, 0.4) is 0 Å². The second-order valence-corrected chi connectivity index (χ2v) is 3.48. The molecule has 1 rings (SSSR count). The lowest BCUT2D eigenvalue weighted by Crippen LogP contribution is -2.36. The van der Waals surface area contributed by atoms with E-state index in [0.717, 1.165) is 12.1 Å². The van der Waals surface area contributed by atoms with Crippen LogP contribution in [0.2, 0.25) is 5.02 Å². The second kappa shape index (κ2) is 5.72. The summed E-state index contributed by atoms with van der Waals surface area (Å²) in [6.45, 7) is -1.39. The molecule has 1 atom stereocenters. The summed E-state index contributed by atoms with van der Waals surface area (Å²) >= 11 is 5.38. The SMILES string of the molecule is Cl.N[C@@H](c1ccc(Cl)c(F)c1)C(F)(F)CO. The first kappa shape index (κ1) is 15.5. The van der Waals surface area contributed by atoms with E-state index in [2.05, 4.69) is 0 Å². The number of nitrogens with two attached hydrogens (primary N) is 1. The van der Waals surface area contributed by atoms with Crippen LogP contribution in [0.1, 0.15) is 11.6 Å². The summed E-state index contributed by atoms with van der Waals surface area (Å²) in [7, 11) is 0. The fourth-order valence-electron chi connectivity index (χ4n) is 1.05. The molecule has 0 amide bonds. The Morgan fingerprint density at radius 1 is 1.44 bits per heavy atom. The topological polar surface area (TPSA) is 46.2 Å². The largest absolute Gasteiger partial charge is 0.390 e. The average Bonchev–Trinajstić information content (AvgIpc) is 2.21. The van der Waals surface area contributed by atoms with Crippen LogP contribution < -0.4 is 5.73 Å². The van der Waals surface area contributed by atoms with Crippen molar-refractivity contribution in [3.63, 3.8) is 0 Å². The predicted molar refractivity (Wildman–Crippen MR) is 57.6 cm³/mol. The lowest BCUT2D eigenvalue weighted by molar-refractivity contribution is -0.0712. The Hall–Kier alpha value is -0.490. The molecule has 7 heteroatoms. The molecule has 0 saturated carbocycles. The van der Waals surface area contributed by atoms with Crippen molar-refractivity contribution in [1.82, 2.24) is 0 Å². The van der Waals surface area contributed by atoms with E-state index in [1.54, 1.807) is 0 Å². The third-order valence-corrected chi connectivity index (χ3v) is 2.28. The number of halogens is 5. The van der Waals surface area contributed by atoms with Crippen LogP contribution in [0.4, 0.5) is 13.2 Å². The molecule has 0 spiro atoms. The molecule has 0 aromatic heterocycles. The first-order valence-electron chi connectivity index (χ1n) is 4.07. The van der Waals surface area contributed by atoms with Crippen molar-refractivity contribution in [2.75, 3.05) is 6.61 Å². The highest BCUT2D eigenvalue weighted by Gasteiger charge is 2.37. The molecule has 0 aliphatic carbocycles. The molecule has 0 fully saturated rings. The van der Waals surface area contributed by atoms with Crippen molar-refractivity contribution in [1.29, 1.82) is 0 Å². The van der Waals surface area contributed by atoms with Crippen molar-refractivity contribution < 1.29 is 18.3 Å². The molecule has 3 N–H and O–H groups in total. The van der Waals surface area contributed by atoms with Crippen LogP contribution in [-0.4, -0.2) is 17.6 Å². The molecule has 0 unspecified atom stereocenters. The zero-order valence-corrected chi connectivity index (χ0v) is 9.53. The molecule has 2 nitrogen and oxygen atoms in total. The van der Waals surface area contributed by atoms with Gasteiger partial charge in [-0.05, 0) is 17.7 Å². The molecule has 0 heterocycles. The van der Waals surface area contributed by atoms with Gasteiger partial charge in [-0.3, -0.25) is 0 Å². The minimum atomic E-state index is -3.49. The van der Waals surface area contributed by atoms with E-state index in [1.165, 1.54) is 6.07 Å². The molecular formula is C9H10Cl2F3NO. The van der Waals surface area contributed by atoms with Gasteiger partial charge >= 0.3 is 0 Å². The highest BCUT2D eigenvalue weighted by molar-refractivity contribution is 6.30. The number of benzene rings is 1. The van der Waals surface area contributed by atoms with Gasteiger partial charge in [0.2, 0.25) is 0 Å². The number of aliphatic hydroxyl groups excluding tert-OH is 1. The van der Waals surface area contributed by atoms with Crippen molar-refractivity contribution >= 4 is 24.0 Å². The number of alkyl halides is 2. The molecule has 1 aromatic rings. The molecule has 1 aromatic carbocycles. The summed E-state index contributed by atoms with van der Waals surface area (Å²) < 4.78 is 38.8. The van der Waals surface area contributed by atoms with E-state index < -0.39 is 24.4 Å². The zero-order valence-electron chi connectivity index (χ0n) is 7.96. The summed E-state index contributed by atoms with van der Waals surface area (Å²) in [4.78, 5) is 0. The van der Waals surface area contributed by atoms with Gasteiger partial charge in [0, 0.05) is 0 Å². The minimum Gasteiger partial charge on any atom is -0.390 e. The summed E-state index contributed by atoms with van der Waals surface area (Å²) in [5.74, 6) is -4.31. The van der Waals surface area contributed by atoms with Crippen LogP contribution in [0.5, 0.6) is 0 Å². The molecule has 0 bridgehead atoms. The molecule has 0 aliphatic rings. The van der Waals surface area contributed by atoms with Gasteiger partial charge < -0.3 is 10.8 Å². The summed E-state index contributed by atoms with van der Waals surface area (Å²) in [5.41, 5.74) is 5.07. The van der Waals surface area contributed by atoms with E-state index in [-0.39, 0.29) is 23.0 Å². The van der Waals surface area contributed by atoms with Gasteiger partial charge in [-0.25, -0.2) is 13.2 Å². The standard InChI is InChI=1S/C9H9ClF3NO.ClH/c10-6-2-1-5(3-7(6)11)8(14)9(12,13)4-15;/h1-3,8,15H,4,14H2;1H/t8-;/m0./s1. The van der Waals surface area contributed by atoms with Crippen LogP contribution in [0.25, 0.3) is 0 Å². The number of rotatable bonds is 3. The molecule has 16 heavy (non-hydrogen) atoms. The van der Waals surface area contributed by atoms with Gasteiger partial charge in [-0.1, -0.05) is 17.7 Å². The lowest BCUT2D eigenvalue weighted by atomic mass is 10.0. The van der Waals surface area contributed by atoms with Gasteiger partial charge in [-0.15, -0.1) is 12.4 Å². The summed E-state index contributed by atoms with van der Waals surface area (Å²) in [6.07, 6.45) is 0. The van der Waals surface area contributed by atoms with E-state index in [1.807, 2.05) is 0 Å². The van der Waals surface area contributed by atoms with Crippen LogP contribution in [-0.2, 0) is 0 Å². The second-order valence-electron chi connectivity index (χ2n) is 3.07. The van der Waals surface area contributed by atoms with E-state index in [0.29, 0.717) is 0 Å². The number of aliphatic hydroxyl groups is 1. The fourth-order valence-corrected chi connectivity index (χ4v) is 1.17. The molecule has 92 valence electrons. The molecule has 0 saturated heterocycles. The monoisotopic (exact) mass is 275 g/mol. The van der Waals surface area contributed by atoms with Gasteiger partial charge in [0.25, 0.3) is 5.92 Å². The van der Waals surface area contributed by atoms with Crippen molar-refractivity contribution in [3.05, 3.63) is 34.6 Å². The third kappa shape index (κ3) is 3.25. The normalized spacial score (nSPS) is 13.1. The predicted octanol–water partition coefficient (Wildman–Crippen LogP) is 2.53. The van der Waals surface area contributed by atoms with E-state index >= 15 is 0 Å². The van der Waals surface area contributed by atoms with Crippen molar-refractivity contribution in [2.24, 2.45) is 5.73 Å². The Morgan fingerprint density at radius 2 is 2.00 bits per heavy atom. The Bertz CT molecular complexity index is 363. The zero-order chi connectivity index (χ0) is 11.6. The maximum atomic E-state index is 12.9. The Kier molecular flexibility index (Phi) is 5.55. The maximum Gasteiger partial charge on any atom is 0.289 e. The Balaban J connectivity index is 0.00000225. The Morgan fingerprint density at radius 3 is 2.44 bits per heavy atom. The minimum absolute atomic E-state index is 0. The quantitative estimate of drug-likeness (QED) is 0.891. The molecule has 0 radical (unpaired) electrons. The average molecular weight is 276 g/mol. The van der Waals surface area contributed by atoms with Crippen molar-refractivity contribution in [2.45, 2.75) is 12.0 Å². The molecule has 0 aliphatic heterocycles. The summed E-state index contributed by atoms with van der Waals surface area (Å²) in [6, 6.07) is 1.41. The van der Waals surface area contributed by atoms with E-state index in [9.17, 15) is 13.2 Å². The van der Waals surface area contributed by atoms with E-state index in [4.69, 9.17) is 22.4 Å². The molecular weight excluding hydrogens is 266 g/mol. The first-order valence-corrected chi connectivity index (χ1v) is 4.45. The lowest BCUT2D eigenvalue weighted by Gasteiger charge is -2.21. The van der Waals surface area contributed by atoms with Crippen LogP contribution >= 0.6 is 24.0 Å².